The minimum absolute atomic E-state index is 0.0688. The molecule has 0 saturated heterocycles. The zero-order chi connectivity index (χ0) is 14.4. The number of rotatable bonds is 6. The van der Waals surface area contributed by atoms with Crippen molar-refractivity contribution in [1.29, 1.82) is 0 Å². The van der Waals surface area contributed by atoms with Crippen LogP contribution in [0.5, 0.6) is 0 Å². The predicted octanol–water partition coefficient (Wildman–Crippen LogP) is 1.82. The van der Waals surface area contributed by atoms with Gasteiger partial charge in [-0.05, 0) is 19.1 Å². The molecular weight excluding hydrogens is 260 g/mol. The molecule has 2 N–H and O–H groups in total. The van der Waals surface area contributed by atoms with Gasteiger partial charge in [-0.3, -0.25) is 10.1 Å². The second-order valence-electron chi connectivity index (χ2n) is 3.91. The first kappa shape index (κ1) is 13.7. The van der Waals surface area contributed by atoms with E-state index in [1.54, 1.807) is 18.3 Å². The van der Waals surface area contributed by atoms with Crippen LogP contribution in [0.2, 0.25) is 0 Å². The molecule has 0 aliphatic heterocycles. The highest BCUT2D eigenvalue weighted by atomic mass is 16.6. The van der Waals surface area contributed by atoms with Gasteiger partial charge in [0.05, 0.1) is 17.2 Å². The van der Waals surface area contributed by atoms with E-state index in [1.807, 2.05) is 6.92 Å². The van der Waals surface area contributed by atoms with E-state index in [9.17, 15) is 10.1 Å². The minimum Gasteiger partial charge on any atom is -0.370 e. The molecule has 20 heavy (non-hydrogen) atoms. The molecule has 0 aliphatic rings. The van der Waals surface area contributed by atoms with Gasteiger partial charge in [0.2, 0.25) is 5.82 Å². The summed E-state index contributed by atoms with van der Waals surface area (Å²) in [5.41, 5.74) is 0.658. The average Bonchev–Trinajstić information content (AvgIpc) is 2.46. The van der Waals surface area contributed by atoms with Crippen molar-refractivity contribution in [2.75, 3.05) is 17.2 Å². The van der Waals surface area contributed by atoms with Crippen LogP contribution in [0.3, 0.4) is 0 Å². The van der Waals surface area contributed by atoms with E-state index >= 15 is 0 Å². The third-order valence-electron chi connectivity index (χ3n) is 2.51. The summed E-state index contributed by atoms with van der Waals surface area (Å²) in [5.74, 6) is 0.801. The molecule has 0 aliphatic carbocycles. The van der Waals surface area contributed by atoms with Crippen LogP contribution in [0.25, 0.3) is 0 Å². The lowest BCUT2D eigenvalue weighted by molar-refractivity contribution is -0.384. The zero-order valence-corrected chi connectivity index (χ0v) is 10.9. The van der Waals surface area contributed by atoms with Crippen LogP contribution in [-0.4, -0.2) is 26.4 Å². The number of nitrogens with one attached hydrogen (secondary N) is 2. The quantitative estimate of drug-likeness (QED) is 0.611. The van der Waals surface area contributed by atoms with Gasteiger partial charge in [0.25, 0.3) is 0 Å². The average molecular weight is 274 g/mol. The van der Waals surface area contributed by atoms with Crippen molar-refractivity contribution in [3.63, 3.8) is 0 Å². The highest BCUT2D eigenvalue weighted by molar-refractivity contribution is 5.60. The Bertz CT molecular complexity index is 590. The number of hydrogen-bond acceptors (Lipinski definition) is 7. The second-order valence-corrected chi connectivity index (χ2v) is 3.91. The van der Waals surface area contributed by atoms with Gasteiger partial charge in [0, 0.05) is 18.8 Å². The number of hydrogen-bond donors (Lipinski definition) is 2. The molecule has 0 bridgehead atoms. The van der Waals surface area contributed by atoms with Crippen LogP contribution >= 0.6 is 0 Å². The van der Waals surface area contributed by atoms with Crippen LogP contribution < -0.4 is 10.6 Å². The van der Waals surface area contributed by atoms with Gasteiger partial charge >= 0.3 is 5.69 Å². The summed E-state index contributed by atoms with van der Waals surface area (Å²) in [6, 6.07) is 4.73. The van der Waals surface area contributed by atoms with Crippen LogP contribution in [0.15, 0.2) is 30.7 Å². The first-order valence-corrected chi connectivity index (χ1v) is 6.08. The van der Waals surface area contributed by atoms with Crippen molar-refractivity contribution in [1.82, 2.24) is 15.0 Å². The van der Waals surface area contributed by atoms with Crippen molar-refractivity contribution in [3.05, 3.63) is 46.5 Å². The molecule has 0 fully saturated rings. The van der Waals surface area contributed by atoms with Crippen molar-refractivity contribution in [3.8, 4) is 0 Å². The summed E-state index contributed by atoms with van der Waals surface area (Å²) in [4.78, 5) is 22.6. The number of nitro groups is 1. The molecule has 8 nitrogen and oxygen atoms in total. The summed E-state index contributed by atoms with van der Waals surface area (Å²) >= 11 is 0. The number of pyridine rings is 1. The maximum Gasteiger partial charge on any atom is 0.311 e. The molecule has 0 saturated carbocycles. The monoisotopic (exact) mass is 274 g/mol. The predicted molar refractivity (Wildman–Crippen MR) is 74.4 cm³/mol. The summed E-state index contributed by atoms with van der Waals surface area (Å²) in [7, 11) is 0. The number of aromatic nitrogens is 3. The first-order valence-electron chi connectivity index (χ1n) is 6.08. The topological polar surface area (TPSA) is 106 Å². The maximum absolute atomic E-state index is 11.0. The van der Waals surface area contributed by atoms with Crippen LogP contribution in [0, 0.1) is 10.1 Å². The van der Waals surface area contributed by atoms with E-state index in [0.29, 0.717) is 18.9 Å². The van der Waals surface area contributed by atoms with E-state index in [0.717, 1.165) is 5.69 Å². The molecule has 0 amide bonds. The lowest BCUT2D eigenvalue weighted by Gasteiger charge is -2.08. The highest BCUT2D eigenvalue weighted by Crippen LogP contribution is 2.24. The Kier molecular flexibility index (Phi) is 4.38. The fourth-order valence-electron chi connectivity index (χ4n) is 1.61. The Hall–Kier alpha value is -2.77. The van der Waals surface area contributed by atoms with E-state index in [4.69, 9.17) is 0 Å². The fourth-order valence-corrected chi connectivity index (χ4v) is 1.61. The van der Waals surface area contributed by atoms with Gasteiger partial charge in [0.1, 0.15) is 12.1 Å². The molecule has 0 unspecified atom stereocenters. The maximum atomic E-state index is 11.0. The molecule has 2 aromatic rings. The summed E-state index contributed by atoms with van der Waals surface area (Å²) in [6.07, 6.45) is 3.04. The lowest BCUT2D eigenvalue weighted by atomic mass is 10.3. The van der Waals surface area contributed by atoms with Crippen molar-refractivity contribution >= 4 is 17.3 Å². The first-order chi connectivity index (χ1) is 9.70. The lowest BCUT2D eigenvalue weighted by Crippen LogP contribution is -2.08. The van der Waals surface area contributed by atoms with E-state index in [1.165, 1.54) is 12.4 Å². The Morgan fingerprint density at radius 3 is 2.80 bits per heavy atom. The van der Waals surface area contributed by atoms with Crippen molar-refractivity contribution in [2.45, 2.75) is 13.5 Å². The van der Waals surface area contributed by atoms with Crippen molar-refractivity contribution in [2.24, 2.45) is 0 Å². The van der Waals surface area contributed by atoms with E-state index < -0.39 is 4.92 Å². The number of anilines is 2. The molecule has 0 radical (unpaired) electrons. The molecule has 2 rings (SSSR count). The fraction of sp³-hybridized carbons (Fsp3) is 0.250. The number of nitrogens with zero attached hydrogens (tertiary/aromatic N) is 4. The highest BCUT2D eigenvalue weighted by Gasteiger charge is 2.15. The SMILES string of the molecule is CCNc1ccc([N+](=O)[O-])c(NCc2ccncn2)n1. The smallest absolute Gasteiger partial charge is 0.311 e. The largest absolute Gasteiger partial charge is 0.370 e. The van der Waals surface area contributed by atoms with Gasteiger partial charge in [-0.1, -0.05) is 0 Å². The molecular formula is C12H14N6O2. The molecule has 0 spiro atoms. The minimum atomic E-state index is -0.467. The third-order valence-corrected chi connectivity index (χ3v) is 2.51. The summed E-state index contributed by atoms with van der Waals surface area (Å²) in [5, 5.41) is 16.9. The third kappa shape index (κ3) is 3.37. The Morgan fingerprint density at radius 2 is 2.15 bits per heavy atom. The molecule has 2 heterocycles. The Morgan fingerprint density at radius 1 is 1.30 bits per heavy atom. The van der Waals surface area contributed by atoms with Gasteiger partial charge in [-0.25, -0.2) is 15.0 Å². The zero-order valence-electron chi connectivity index (χ0n) is 10.9. The van der Waals surface area contributed by atoms with Crippen LogP contribution in [-0.2, 0) is 6.54 Å². The van der Waals surface area contributed by atoms with E-state index in [-0.39, 0.29) is 11.5 Å². The Balaban J connectivity index is 2.19. The van der Waals surface area contributed by atoms with Crippen LogP contribution in [0.1, 0.15) is 12.6 Å². The Labute approximate surface area is 115 Å². The van der Waals surface area contributed by atoms with Gasteiger partial charge in [-0.15, -0.1) is 0 Å². The molecule has 2 aromatic heterocycles. The molecule has 104 valence electrons. The van der Waals surface area contributed by atoms with Gasteiger partial charge in [0.15, 0.2) is 0 Å². The summed E-state index contributed by atoms with van der Waals surface area (Å²) in [6.45, 7) is 2.96. The van der Waals surface area contributed by atoms with Gasteiger partial charge in [-0.2, -0.15) is 0 Å². The van der Waals surface area contributed by atoms with Crippen LogP contribution in [0.4, 0.5) is 17.3 Å². The molecule has 0 aromatic carbocycles. The second kappa shape index (κ2) is 6.41. The normalized spacial score (nSPS) is 10.1. The van der Waals surface area contributed by atoms with E-state index in [2.05, 4.69) is 25.6 Å². The van der Waals surface area contributed by atoms with Crippen molar-refractivity contribution < 1.29 is 4.92 Å². The summed E-state index contributed by atoms with van der Waals surface area (Å²) < 4.78 is 0. The van der Waals surface area contributed by atoms with Gasteiger partial charge < -0.3 is 10.6 Å². The molecule has 0 atom stereocenters. The molecule has 8 heteroatoms. The standard InChI is InChI=1S/C12H14N6O2/c1-2-14-11-4-3-10(18(19)20)12(17-11)15-7-9-5-6-13-8-16-9/h3-6,8H,2,7H2,1H3,(H2,14,15,17).